The Kier molecular flexibility index (Phi) is 2.93. The molecule has 0 aliphatic rings. The van der Waals surface area contributed by atoms with Crippen molar-refractivity contribution in [2.75, 3.05) is 0 Å². The fraction of sp³-hybridized carbons (Fsp3) is 0. The molecule has 0 radical (unpaired) electrons. The number of pyridine rings is 1. The van der Waals surface area contributed by atoms with Gasteiger partial charge < -0.3 is 10.1 Å². The van der Waals surface area contributed by atoms with Crippen molar-refractivity contribution in [3.05, 3.63) is 58.0 Å². The van der Waals surface area contributed by atoms with E-state index in [0.717, 1.165) is 24.4 Å². The summed E-state index contributed by atoms with van der Waals surface area (Å²) in [5, 5.41) is 8.77. The molecule has 0 amide bonds. The third-order valence-electron chi connectivity index (χ3n) is 2.39. The molecule has 4 nitrogen and oxygen atoms in total. The fourth-order valence-corrected chi connectivity index (χ4v) is 1.56. The minimum Gasteiger partial charge on any atom is -0.477 e. The number of rotatable bonds is 2. The van der Waals surface area contributed by atoms with Crippen LogP contribution in [0.5, 0.6) is 0 Å². The van der Waals surface area contributed by atoms with Crippen molar-refractivity contribution in [1.82, 2.24) is 4.98 Å². The van der Waals surface area contributed by atoms with E-state index in [1.54, 1.807) is 0 Å². The highest BCUT2D eigenvalue weighted by molar-refractivity contribution is 5.88. The maximum absolute atomic E-state index is 13.5. The number of aromatic nitrogens is 1. The molecule has 92 valence electrons. The summed E-state index contributed by atoms with van der Waals surface area (Å²) in [7, 11) is 0. The van der Waals surface area contributed by atoms with Crippen molar-refractivity contribution >= 4 is 5.97 Å². The summed E-state index contributed by atoms with van der Waals surface area (Å²) >= 11 is 0. The zero-order valence-electron chi connectivity index (χ0n) is 8.91. The van der Waals surface area contributed by atoms with E-state index in [1.165, 1.54) is 6.07 Å². The lowest BCUT2D eigenvalue weighted by Gasteiger charge is -2.05. The lowest BCUT2D eigenvalue weighted by atomic mass is 10.0. The van der Waals surface area contributed by atoms with Crippen LogP contribution in [0.2, 0.25) is 0 Å². The van der Waals surface area contributed by atoms with Crippen LogP contribution in [0.4, 0.5) is 8.78 Å². The molecule has 0 bridgehead atoms. The van der Waals surface area contributed by atoms with Gasteiger partial charge in [-0.2, -0.15) is 0 Å². The predicted molar refractivity (Wildman–Crippen MR) is 59.4 cm³/mol. The average molecular weight is 251 g/mol. The number of H-pyrrole nitrogens is 1. The molecule has 1 aromatic carbocycles. The Morgan fingerprint density at radius 1 is 1.22 bits per heavy atom. The normalized spacial score (nSPS) is 10.3. The van der Waals surface area contributed by atoms with Crippen LogP contribution >= 0.6 is 0 Å². The topological polar surface area (TPSA) is 70.2 Å². The van der Waals surface area contributed by atoms with E-state index in [0.29, 0.717) is 0 Å². The molecular formula is C12H7F2NO3. The molecule has 1 heterocycles. The third-order valence-corrected chi connectivity index (χ3v) is 2.39. The molecular weight excluding hydrogens is 244 g/mol. The molecule has 2 aromatic rings. The molecule has 0 saturated carbocycles. The quantitative estimate of drug-likeness (QED) is 0.857. The maximum atomic E-state index is 13.5. The van der Waals surface area contributed by atoms with Crippen molar-refractivity contribution in [1.29, 1.82) is 0 Å². The van der Waals surface area contributed by atoms with E-state index in [1.807, 2.05) is 0 Å². The van der Waals surface area contributed by atoms with Gasteiger partial charge in [0.15, 0.2) is 0 Å². The summed E-state index contributed by atoms with van der Waals surface area (Å²) in [6, 6.07) is 4.22. The Morgan fingerprint density at radius 2 is 1.83 bits per heavy atom. The van der Waals surface area contributed by atoms with Gasteiger partial charge in [0.2, 0.25) is 0 Å². The van der Waals surface area contributed by atoms with Gasteiger partial charge >= 0.3 is 5.97 Å². The molecule has 0 atom stereocenters. The van der Waals surface area contributed by atoms with Gasteiger partial charge in [-0.05, 0) is 18.2 Å². The van der Waals surface area contributed by atoms with Gasteiger partial charge in [-0.3, -0.25) is 4.79 Å². The van der Waals surface area contributed by atoms with Gasteiger partial charge in [0, 0.05) is 11.8 Å². The summed E-state index contributed by atoms with van der Waals surface area (Å²) in [5.41, 5.74) is -1.82. The molecule has 1 aromatic heterocycles. The monoisotopic (exact) mass is 251 g/mol. The largest absolute Gasteiger partial charge is 0.477 e. The number of aromatic amines is 1. The molecule has 18 heavy (non-hydrogen) atoms. The van der Waals surface area contributed by atoms with E-state index >= 15 is 0 Å². The van der Waals surface area contributed by atoms with Crippen LogP contribution in [0.3, 0.4) is 0 Å². The van der Waals surface area contributed by atoms with Gasteiger partial charge in [0.1, 0.15) is 17.2 Å². The zero-order chi connectivity index (χ0) is 13.3. The second-order valence-corrected chi connectivity index (χ2v) is 3.53. The summed E-state index contributed by atoms with van der Waals surface area (Å²) in [5.74, 6) is -3.13. The van der Waals surface area contributed by atoms with E-state index in [2.05, 4.69) is 4.98 Å². The number of carboxylic acid groups (broad SMARTS) is 1. The molecule has 0 spiro atoms. The van der Waals surface area contributed by atoms with Crippen molar-refractivity contribution < 1.29 is 18.7 Å². The van der Waals surface area contributed by atoms with Crippen LogP contribution in [-0.4, -0.2) is 16.1 Å². The summed E-state index contributed by atoms with van der Waals surface area (Å²) in [6.07, 6.45) is 1.07. The molecule has 6 heteroatoms. The number of aromatic carboxylic acids is 1. The van der Waals surface area contributed by atoms with Gasteiger partial charge in [-0.25, -0.2) is 13.6 Å². The average Bonchev–Trinajstić information content (AvgIpc) is 2.30. The van der Waals surface area contributed by atoms with Crippen molar-refractivity contribution in [3.8, 4) is 11.1 Å². The Bertz CT molecular complexity index is 659. The van der Waals surface area contributed by atoms with E-state index in [-0.39, 0.29) is 11.1 Å². The maximum Gasteiger partial charge on any atom is 0.341 e. The summed E-state index contributed by atoms with van der Waals surface area (Å²) in [6.45, 7) is 0. The van der Waals surface area contributed by atoms with Gasteiger partial charge in [0.25, 0.3) is 5.56 Å². The minimum atomic E-state index is -1.46. The first-order chi connectivity index (χ1) is 8.50. The predicted octanol–water partition coefficient (Wildman–Crippen LogP) is 2.02. The van der Waals surface area contributed by atoms with Gasteiger partial charge in [-0.1, -0.05) is 6.07 Å². The van der Waals surface area contributed by atoms with Crippen LogP contribution in [0.25, 0.3) is 11.1 Å². The molecule has 0 saturated heterocycles. The molecule has 2 N–H and O–H groups in total. The number of carbonyl (C=O) groups is 1. The number of hydrogen-bond donors (Lipinski definition) is 2. The number of nitrogens with one attached hydrogen (secondary N) is 1. The molecule has 0 fully saturated rings. The van der Waals surface area contributed by atoms with Crippen molar-refractivity contribution in [3.63, 3.8) is 0 Å². The molecule has 2 rings (SSSR count). The van der Waals surface area contributed by atoms with E-state index < -0.39 is 28.7 Å². The number of hydrogen-bond acceptors (Lipinski definition) is 2. The highest BCUT2D eigenvalue weighted by atomic mass is 19.1. The minimum absolute atomic E-state index is 0.0393. The number of halogens is 2. The Balaban J connectivity index is 2.69. The van der Waals surface area contributed by atoms with Crippen LogP contribution in [0.1, 0.15) is 10.4 Å². The lowest BCUT2D eigenvalue weighted by molar-refractivity contribution is 0.0695. The lowest BCUT2D eigenvalue weighted by Crippen LogP contribution is -2.17. The van der Waals surface area contributed by atoms with Gasteiger partial charge in [-0.15, -0.1) is 0 Å². The van der Waals surface area contributed by atoms with Crippen molar-refractivity contribution in [2.24, 2.45) is 0 Å². The van der Waals surface area contributed by atoms with E-state index in [9.17, 15) is 18.4 Å². The van der Waals surface area contributed by atoms with Crippen LogP contribution < -0.4 is 5.56 Å². The Labute approximate surface area is 99.5 Å². The second kappa shape index (κ2) is 4.40. The zero-order valence-corrected chi connectivity index (χ0v) is 8.91. The van der Waals surface area contributed by atoms with Crippen LogP contribution in [-0.2, 0) is 0 Å². The second-order valence-electron chi connectivity index (χ2n) is 3.53. The fourth-order valence-electron chi connectivity index (χ4n) is 1.56. The smallest absolute Gasteiger partial charge is 0.341 e. The summed E-state index contributed by atoms with van der Waals surface area (Å²) < 4.78 is 27.0. The Hall–Kier alpha value is -2.50. The first-order valence-electron chi connectivity index (χ1n) is 4.91. The standard InChI is InChI=1S/C12H7F2NO3/c13-8-2-1-3-9(14)10(8)6-4-7(12(17)18)11(16)15-5-6/h1-5H,(H,15,16)(H,17,18). The van der Waals surface area contributed by atoms with Crippen LogP contribution in [0.15, 0.2) is 35.3 Å². The Morgan fingerprint density at radius 3 is 2.39 bits per heavy atom. The molecule has 0 aliphatic carbocycles. The van der Waals surface area contributed by atoms with Crippen LogP contribution in [0, 0.1) is 11.6 Å². The van der Waals surface area contributed by atoms with Crippen molar-refractivity contribution in [2.45, 2.75) is 0 Å². The highest BCUT2D eigenvalue weighted by Crippen LogP contribution is 2.25. The number of benzene rings is 1. The number of carboxylic acids is 1. The SMILES string of the molecule is O=C(O)c1cc(-c2c(F)cccc2F)c[nH]c1=O. The first-order valence-corrected chi connectivity index (χ1v) is 4.91. The first kappa shape index (κ1) is 12.0. The molecule has 0 unspecified atom stereocenters. The van der Waals surface area contributed by atoms with Gasteiger partial charge in [0.05, 0.1) is 5.56 Å². The molecule has 0 aliphatic heterocycles. The highest BCUT2D eigenvalue weighted by Gasteiger charge is 2.15. The van der Waals surface area contributed by atoms with E-state index in [4.69, 9.17) is 5.11 Å². The summed E-state index contributed by atoms with van der Waals surface area (Å²) in [4.78, 5) is 24.1. The third kappa shape index (κ3) is 2.00.